The molecule has 1 aromatic carbocycles. The molecule has 2 saturated carbocycles. The summed E-state index contributed by atoms with van der Waals surface area (Å²) < 4.78 is 10.5. The third kappa shape index (κ3) is 7.71. The van der Waals surface area contributed by atoms with Crippen molar-refractivity contribution in [1.29, 1.82) is 0 Å². The fourth-order valence-electron chi connectivity index (χ4n) is 5.65. The fraction of sp³-hybridized carbons (Fsp3) is 0.750. The molecule has 2 saturated heterocycles. The predicted octanol–water partition coefficient (Wildman–Crippen LogP) is 6.36. The molecule has 5 heteroatoms. The van der Waals surface area contributed by atoms with E-state index in [9.17, 15) is 9.90 Å². The number of ether oxygens (including phenoxy) is 2. The largest absolute Gasteiger partial charge is 0.507 e. The average molecular weight is 463 g/mol. The zero-order chi connectivity index (χ0) is 24.8. The van der Waals surface area contributed by atoms with Crippen molar-refractivity contribution in [2.45, 2.75) is 104 Å². The van der Waals surface area contributed by atoms with Crippen LogP contribution in [0.4, 0.5) is 0 Å². The Bertz CT molecular complexity index is 746. The van der Waals surface area contributed by atoms with Gasteiger partial charge in [-0.05, 0) is 95.1 Å². The third-order valence-electron chi connectivity index (χ3n) is 7.83. The molecule has 2 bridgehead atoms. The molecular weight excluding hydrogens is 416 g/mol. The van der Waals surface area contributed by atoms with Gasteiger partial charge in [-0.25, -0.2) is 4.79 Å². The summed E-state index contributed by atoms with van der Waals surface area (Å²) >= 11 is 0. The number of carbonyl (C=O) groups is 1. The van der Waals surface area contributed by atoms with Gasteiger partial charge in [-0.2, -0.15) is 0 Å². The van der Waals surface area contributed by atoms with Crippen LogP contribution in [0, 0.1) is 23.7 Å². The number of aliphatic hydroxyl groups excluding tert-OH is 1. The topological polar surface area (TPSA) is 76.0 Å². The van der Waals surface area contributed by atoms with Crippen LogP contribution in [0.2, 0.25) is 0 Å². The van der Waals surface area contributed by atoms with Crippen molar-refractivity contribution >= 4 is 5.97 Å². The second kappa shape index (κ2) is 11.7. The number of phenolic OH excluding ortho intramolecular Hbond substituents is 1. The van der Waals surface area contributed by atoms with Gasteiger partial charge in [0, 0.05) is 0 Å². The molecular formula is C28H46O5. The lowest BCUT2D eigenvalue weighted by Gasteiger charge is -2.54. The summed E-state index contributed by atoms with van der Waals surface area (Å²) in [6.07, 6.45) is 8.83. The molecule has 0 amide bonds. The van der Waals surface area contributed by atoms with Crippen molar-refractivity contribution in [1.82, 2.24) is 0 Å². The van der Waals surface area contributed by atoms with E-state index >= 15 is 0 Å². The Morgan fingerprint density at radius 1 is 1.09 bits per heavy atom. The molecule has 188 valence electrons. The van der Waals surface area contributed by atoms with Gasteiger partial charge in [0.05, 0.1) is 24.4 Å². The van der Waals surface area contributed by atoms with Crippen LogP contribution >= 0.6 is 0 Å². The Labute approximate surface area is 200 Å². The number of hydrogen-bond acceptors (Lipinski definition) is 5. The Morgan fingerprint density at radius 3 is 2.12 bits per heavy atom. The summed E-state index contributed by atoms with van der Waals surface area (Å²) in [5, 5.41) is 18.8. The Morgan fingerprint density at radius 2 is 1.70 bits per heavy atom. The van der Waals surface area contributed by atoms with Crippen molar-refractivity contribution in [3.63, 3.8) is 0 Å². The molecule has 1 aromatic rings. The Kier molecular flexibility index (Phi) is 9.81. The van der Waals surface area contributed by atoms with Gasteiger partial charge in [0.25, 0.3) is 0 Å². The lowest BCUT2D eigenvalue weighted by atomic mass is 9.69. The van der Waals surface area contributed by atoms with Crippen molar-refractivity contribution in [2.75, 3.05) is 7.11 Å². The number of aromatic hydroxyl groups is 1. The number of aliphatic hydroxyl groups is 1. The maximum absolute atomic E-state index is 10.9. The first-order chi connectivity index (χ1) is 15.4. The van der Waals surface area contributed by atoms with Gasteiger partial charge < -0.3 is 19.7 Å². The van der Waals surface area contributed by atoms with Gasteiger partial charge in [-0.3, -0.25) is 0 Å². The minimum Gasteiger partial charge on any atom is -0.507 e. The van der Waals surface area contributed by atoms with Crippen molar-refractivity contribution in [2.24, 2.45) is 23.7 Å². The van der Waals surface area contributed by atoms with Gasteiger partial charge in [-0.15, -0.1) is 0 Å². The number of methoxy groups -OCH3 is 1. The number of para-hydroxylation sites is 1. The summed E-state index contributed by atoms with van der Waals surface area (Å²) in [6, 6.07) is 6.24. The van der Waals surface area contributed by atoms with E-state index in [1.807, 2.05) is 0 Å². The molecule has 4 aliphatic rings. The molecule has 4 fully saturated rings. The van der Waals surface area contributed by atoms with Crippen molar-refractivity contribution in [3.8, 4) is 5.75 Å². The first-order valence-corrected chi connectivity index (χ1v) is 12.6. The lowest BCUT2D eigenvalue weighted by Crippen LogP contribution is -2.53. The molecule has 2 heterocycles. The van der Waals surface area contributed by atoms with E-state index in [0.29, 0.717) is 11.8 Å². The Balaban J connectivity index is 0.000000175. The number of esters is 1. The van der Waals surface area contributed by atoms with Crippen molar-refractivity contribution < 1.29 is 24.5 Å². The number of hydrogen-bond donors (Lipinski definition) is 2. The summed E-state index contributed by atoms with van der Waals surface area (Å²) in [4.78, 5) is 10.9. The van der Waals surface area contributed by atoms with Crippen LogP contribution in [0.15, 0.2) is 24.3 Å². The number of carbonyl (C=O) groups excluding carboxylic acids is 1. The Hall–Kier alpha value is -1.59. The molecule has 0 spiro atoms. The molecule has 5 rings (SSSR count). The lowest BCUT2D eigenvalue weighted by molar-refractivity contribution is -0.229. The van der Waals surface area contributed by atoms with Crippen LogP contribution in [0.5, 0.6) is 5.75 Å². The van der Waals surface area contributed by atoms with E-state index in [2.05, 4.69) is 46.3 Å². The first kappa shape index (κ1) is 27.7. The maximum atomic E-state index is 10.9. The summed E-state index contributed by atoms with van der Waals surface area (Å²) in [5.41, 5.74) is 0.568. The van der Waals surface area contributed by atoms with Crippen LogP contribution in [0.1, 0.15) is 96.8 Å². The minimum absolute atomic E-state index is 0.0289. The highest BCUT2D eigenvalue weighted by Crippen LogP contribution is 2.49. The average Bonchev–Trinajstić information content (AvgIpc) is 2.73. The zero-order valence-electron chi connectivity index (χ0n) is 21.8. The molecule has 0 radical (unpaired) electrons. The highest BCUT2D eigenvalue weighted by atomic mass is 16.5. The maximum Gasteiger partial charge on any atom is 0.341 e. The monoisotopic (exact) mass is 462 g/mol. The van der Waals surface area contributed by atoms with Gasteiger partial charge >= 0.3 is 5.97 Å². The highest BCUT2D eigenvalue weighted by Gasteiger charge is 2.48. The van der Waals surface area contributed by atoms with Crippen LogP contribution in [0.25, 0.3) is 0 Å². The second-order valence-corrected chi connectivity index (χ2v) is 11.3. The van der Waals surface area contributed by atoms with E-state index in [4.69, 9.17) is 9.84 Å². The first-order valence-electron chi connectivity index (χ1n) is 12.6. The zero-order valence-corrected chi connectivity index (χ0v) is 21.8. The molecule has 2 aliphatic heterocycles. The SMILES string of the molecule is CC12CCC(CC1)C(C)(C)O2.CC1CCC(C(C)C)C(O)C1.COC(=O)c1ccccc1O. The predicted molar refractivity (Wildman–Crippen MR) is 132 cm³/mol. The van der Waals surface area contributed by atoms with Gasteiger partial charge in [0.2, 0.25) is 0 Å². The van der Waals surface area contributed by atoms with Crippen LogP contribution in [0.3, 0.4) is 0 Å². The van der Waals surface area contributed by atoms with E-state index in [1.54, 1.807) is 12.1 Å². The molecule has 2 aliphatic carbocycles. The van der Waals surface area contributed by atoms with Crippen molar-refractivity contribution in [3.05, 3.63) is 29.8 Å². The smallest absolute Gasteiger partial charge is 0.341 e. The van der Waals surface area contributed by atoms with E-state index in [-0.39, 0.29) is 28.6 Å². The molecule has 33 heavy (non-hydrogen) atoms. The molecule has 3 atom stereocenters. The van der Waals surface area contributed by atoms with Gasteiger partial charge in [-0.1, -0.05) is 39.3 Å². The van der Waals surface area contributed by atoms with Crippen LogP contribution < -0.4 is 0 Å². The minimum atomic E-state index is -0.525. The molecule has 5 nitrogen and oxygen atoms in total. The number of benzene rings is 1. The van der Waals surface area contributed by atoms with Gasteiger partial charge in [0.15, 0.2) is 0 Å². The van der Waals surface area contributed by atoms with Gasteiger partial charge in [0.1, 0.15) is 11.3 Å². The normalized spacial score (nSPS) is 32.2. The van der Waals surface area contributed by atoms with E-state index in [1.165, 1.54) is 57.8 Å². The number of rotatable bonds is 2. The van der Waals surface area contributed by atoms with Crippen LogP contribution in [-0.4, -0.2) is 40.6 Å². The van der Waals surface area contributed by atoms with E-state index in [0.717, 1.165) is 18.3 Å². The fourth-order valence-corrected chi connectivity index (χ4v) is 5.65. The summed E-state index contributed by atoms with van der Waals surface area (Å²) in [7, 11) is 1.27. The second-order valence-electron chi connectivity index (χ2n) is 11.3. The highest BCUT2D eigenvalue weighted by molar-refractivity contribution is 5.92. The molecule has 2 N–H and O–H groups in total. The van der Waals surface area contributed by atoms with E-state index < -0.39 is 5.97 Å². The number of phenols is 1. The number of fused-ring (bicyclic) bond motifs is 3. The quantitative estimate of drug-likeness (QED) is 0.500. The summed E-state index contributed by atoms with van der Waals surface area (Å²) in [5.74, 6) is 2.19. The van der Waals surface area contributed by atoms with Crippen LogP contribution in [-0.2, 0) is 9.47 Å². The molecule has 0 aromatic heterocycles. The standard InChI is InChI=1S/C10H18O.C10H20O.C8H8O3/c1-9(2)8-4-6-10(3,11-9)7-5-8;1-7(2)9-5-4-8(3)6-10(9)11;1-11-8(10)6-4-2-3-5-7(6)9/h8H,4-7H2,1-3H3;7-11H,4-6H2,1-3H3;2-5,9H,1H3. The summed E-state index contributed by atoms with van der Waals surface area (Å²) in [6.45, 7) is 13.4. The third-order valence-corrected chi connectivity index (χ3v) is 7.83. The molecule has 3 unspecified atom stereocenters.